The monoisotopic (exact) mass is 312 g/mol. The van der Waals surface area contributed by atoms with E-state index in [0.29, 0.717) is 31.7 Å². The zero-order valence-corrected chi connectivity index (χ0v) is 13.5. The number of aliphatic carboxylic acids is 1. The number of nitrogens with zero attached hydrogens (tertiary/aromatic N) is 1. The van der Waals surface area contributed by atoms with Crippen LogP contribution in [0.5, 0.6) is 0 Å². The van der Waals surface area contributed by atoms with Crippen molar-refractivity contribution in [3.8, 4) is 0 Å². The van der Waals surface area contributed by atoms with Gasteiger partial charge in [0.2, 0.25) is 5.91 Å². The Bertz CT molecular complexity index is 414. The Morgan fingerprint density at radius 1 is 1.50 bits per heavy atom. The van der Waals surface area contributed by atoms with Gasteiger partial charge in [0, 0.05) is 13.5 Å². The maximum Gasteiger partial charge on any atom is 0.309 e. The van der Waals surface area contributed by atoms with E-state index < -0.39 is 11.4 Å². The fourth-order valence-corrected chi connectivity index (χ4v) is 3.06. The molecule has 1 rings (SSSR count). The van der Waals surface area contributed by atoms with Crippen LogP contribution in [0.2, 0.25) is 0 Å². The van der Waals surface area contributed by atoms with Crippen LogP contribution < -0.4 is 16.6 Å². The van der Waals surface area contributed by atoms with Gasteiger partial charge in [-0.3, -0.25) is 14.6 Å². The number of carbonyl (C=O) groups excluding carboxylic acids is 1. The second kappa shape index (κ2) is 8.73. The first-order chi connectivity index (χ1) is 10.4. The number of carboxylic acids is 1. The molecule has 0 saturated heterocycles. The van der Waals surface area contributed by atoms with Gasteiger partial charge < -0.3 is 15.8 Å². The molecule has 0 spiro atoms. The first-order valence-electron chi connectivity index (χ1n) is 7.85. The van der Waals surface area contributed by atoms with Crippen molar-refractivity contribution in [2.75, 3.05) is 6.54 Å². The molecule has 7 heteroatoms. The van der Waals surface area contributed by atoms with Crippen LogP contribution in [0.4, 0.5) is 0 Å². The summed E-state index contributed by atoms with van der Waals surface area (Å²) in [6.45, 7) is 4.24. The minimum absolute atomic E-state index is 0.0285. The highest BCUT2D eigenvalue weighted by Gasteiger charge is 2.45. The van der Waals surface area contributed by atoms with Gasteiger partial charge in [-0.2, -0.15) is 0 Å². The smallest absolute Gasteiger partial charge is 0.309 e. The molecular weight excluding hydrogens is 284 g/mol. The molecule has 1 aliphatic rings. The van der Waals surface area contributed by atoms with Gasteiger partial charge in [0.05, 0.1) is 17.8 Å². The maximum absolute atomic E-state index is 11.7. The lowest BCUT2D eigenvalue weighted by Gasteiger charge is -2.25. The molecule has 3 unspecified atom stereocenters. The lowest BCUT2D eigenvalue weighted by atomic mass is 9.79. The summed E-state index contributed by atoms with van der Waals surface area (Å²) in [6, 6.07) is 0.0295. The number of aliphatic imine (C=N–C) groups is 1. The van der Waals surface area contributed by atoms with Crippen molar-refractivity contribution in [1.29, 1.82) is 0 Å². The average Bonchev–Trinajstić information content (AvgIpc) is 2.87. The van der Waals surface area contributed by atoms with Gasteiger partial charge in [-0.25, -0.2) is 5.84 Å². The minimum atomic E-state index is -0.722. The number of nitrogens with one attached hydrogen (secondary N) is 2. The van der Waals surface area contributed by atoms with Gasteiger partial charge >= 0.3 is 5.97 Å². The summed E-state index contributed by atoms with van der Waals surface area (Å²) in [7, 11) is 0. The first-order valence-corrected chi connectivity index (χ1v) is 7.85. The van der Waals surface area contributed by atoms with Crippen molar-refractivity contribution in [3.05, 3.63) is 0 Å². The van der Waals surface area contributed by atoms with Crippen molar-refractivity contribution < 1.29 is 14.7 Å². The largest absolute Gasteiger partial charge is 0.481 e. The van der Waals surface area contributed by atoms with Gasteiger partial charge in [-0.1, -0.05) is 6.92 Å². The molecule has 0 heterocycles. The van der Waals surface area contributed by atoms with E-state index in [0.717, 1.165) is 19.3 Å². The predicted octanol–water partition coefficient (Wildman–Crippen LogP) is 1.04. The Kier molecular flexibility index (Phi) is 7.31. The van der Waals surface area contributed by atoms with Crippen molar-refractivity contribution in [1.82, 2.24) is 10.7 Å². The second-order valence-corrected chi connectivity index (χ2v) is 6.34. The van der Waals surface area contributed by atoms with Crippen LogP contribution in [-0.4, -0.2) is 35.9 Å². The fourth-order valence-electron chi connectivity index (χ4n) is 3.06. The Labute approximate surface area is 131 Å². The second-order valence-electron chi connectivity index (χ2n) is 6.34. The van der Waals surface area contributed by atoms with Crippen molar-refractivity contribution in [2.45, 2.75) is 58.4 Å². The summed E-state index contributed by atoms with van der Waals surface area (Å²) in [5.41, 5.74) is 1.69. The van der Waals surface area contributed by atoms with E-state index in [4.69, 9.17) is 5.84 Å². The predicted molar refractivity (Wildman–Crippen MR) is 85.2 cm³/mol. The zero-order chi connectivity index (χ0) is 16.6. The van der Waals surface area contributed by atoms with E-state index in [-0.39, 0.29) is 11.9 Å². The Hall–Kier alpha value is -1.63. The molecule has 0 aromatic rings. The lowest BCUT2D eigenvalue weighted by molar-refractivity contribution is -0.149. The van der Waals surface area contributed by atoms with Crippen LogP contribution >= 0.6 is 0 Å². The topological polar surface area (TPSA) is 117 Å². The standard InChI is InChI=1S/C15H28N4O3/c1-11(5-8-17-12(2)20)3-6-15(14(21)22)7-4-13(9-15)18-10-19-16/h10-11,13H,3-9,16H2,1-2H3,(H,17,20)(H,18,19)(H,21,22). The van der Waals surface area contributed by atoms with Gasteiger partial charge in [0.25, 0.3) is 0 Å². The third-order valence-corrected chi connectivity index (χ3v) is 4.52. The van der Waals surface area contributed by atoms with Crippen LogP contribution in [0.3, 0.4) is 0 Å². The molecule has 0 aromatic carbocycles. The lowest BCUT2D eigenvalue weighted by Crippen LogP contribution is -2.30. The summed E-state index contributed by atoms with van der Waals surface area (Å²) >= 11 is 0. The third kappa shape index (κ3) is 5.63. The number of carbonyl (C=O) groups is 2. The molecule has 3 atom stereocenters. The molecule has 0 bridgehead atoms. The van der Waals surface area contributed by atoms with Gasteiger partial charge in [-0.15, -0.1) is 0 Å². The maximum atomic E-state index is 11.7. The number of hydrogen-bond donors (Lipinski definition) is 4. The molecule has 7 nitrogen and oxygen atoms in total. The highest BCUT2D eigenvalue weighted by molar-refractivity contribution is 5.75. The molecular formula is C15H28N4O3. The fraction of sp³-hybridized carbons (Fsp3) is 0.800. The van der Waals surface area contributed by atoms with E-state index in [1.165, 1.54) is 13.3 Å². The SMILES string of the molecule is CC(=O)NCCC(C)CCC1(C(=O)O)CCC(N=CNN)C1. The normalized spacial score (nSPS) is 26.0. The van der Waals surface area contributed by atoms with E-state index in [1.807, 2.05) is 0 Å². The molecule has 1 fully saturated rings. The van der Waals surface area contributed by atoms with E-state index in [1.54, 1.807) is 0 Å². The number of carboxylic acid groups (broad SMARTS) is 1. The van der Waals surface area contributed by atoms with Crippen LogP contribution in [0.25, 0.3) is 0 Å². The molecule has 0 aliphatic heterocycles. The Morgan fingerprint density at radius 3 is 2.82 bits per heavy atom. The molecule has 0 aromatic heterocycles. The van der Waals surface area contributed by atoms with Crippen LogP contribution in [0.1, 0.15) is 52.4 Å². The molecule has 5 N–H and O–H groups in total. The van der Waals surface area contributed by atoms with Crippen molar-refractivity contribution in [3.63, 3.8) is 0 Å². The average molecular weight is 312 g/mol. The molecule has 22 heavy (non-hydrogen) atoms. The molecule has 126 valence electrons. The van der Waals surface area contributed by atoms with Crippen LogP contribution in [-0.2, 0) is 9.59 Å². The summed E-state index contributed by atoms with van der Waals surface area (Å²) in [4.78, 5) is 26.8. The van der Waals surface area contributed by atoms with Crippen molar-refractivity contribution >= 4 is 18.2 Å². The molecule has 0 radical (unpaired) electrons. The van der Waals surface area contributed by atoms with Gasteiger partial charge in [0.1, 0.15) is 0 Å². The quantitative estimate of drug-likeness (QED) is 0.220. The molecule has 1 amide bonds. The molecule has 1 saturated carbocycles. The summed E-state index contributed by atoms with van der Waals surface area (Å²) < 4.78 is 0. The van der Waals surface area contributed by atoms with Gasteiger partial charge in [0.15, 0.2) is 0 Å². The number of hydrogen-bond acceptors (Lipinski definition) is 4. The van der Waals surface area contributed by atoms with Crippen molar-refractivity contribution in [2.24, 2.45) is 22.2 Å². The Morgan fingerprint density at radius 2 is 2.23 bits per heavy atom. The number of amides is 1. The van der Waals surface area contributed by atoms with E-state index in [2.05, 4.69) is 22.7 Å². The third-order valence-electron chi connectivity index (χ3n) is 4.52. The summed E-state index contributed by atoms with van der Waals surface area (Å²) in [5, 5.41) is 12.4. The summed E-state index contributed by atoms with van der Waals surface area (Å²) in [5.74, 6) is 4.79. The molecule has 1 aliphatic carbocycles. The number of hydrazine groups is 1. The summed E-state index contributed by atoms with van der Waals surface area (Å²) in [6.07, 6.45) is 5.81. The minimum Gasteiger partial charge on any atom is -0.481 e. The highest BCUT2D eigenvalue weighted by Crippen LogP contribution is 2.44. The first kappa shape index (κ1) is 18.4. The number of nitrogens with two attached hydrogens (primary N) is 1. The van der Waals surface area contributed by atoms with Crippen LogP contribution in [0.15, 0.2) is 4.99 Å². The highest BCUT2D eigenvalue weighted by atomic mass is 16.4. The van der Waals surface area contributed by atoms with E-state index >= 15 is 0 Å². The van der Waals surface area contributed by atoms with Crippen LogP contribution in [0, 0.1) is 11.3 Å². The van der Waals surface area contributed by atoms with E-state index in [9.17, 15) is 14.7 Å². The number of rotatable bonds is 9. The zero-order valence-electron chi connectivity index (χ0n) is 13.5. The Balaban J connectivity index is 2.46. The van der Waals surface area contributed by atoms with Gasteiger partial charge in [-0.05, 0) is 44.4 Å².